The van der Waals surface area contributed by atoms with Crippen LogP contribution in [0.3, 0.4) is 0 Å². The van der Waals surface area contributed by atoms with Crippen molar-refractivity contribution in [3.63, 3.8) is 0 Å². The van der Waals surface area contributed by atoms with E-state index in [9.17, 15) is 4.79 Å². The highest BCUT2D eigenvalue weighted by molar-refractivity contribution is 7.17. The quantitative estimate of drug-likeness (QED) is 0.460. The van der Waals surface area contributed by atoms with E-state index in [1.54, 1.807) is 12.0 Å². The van der Waals surface area contributed by atoms with Crippen molar-refractivity contribution in [2.45, 2.75) is 13.3 Å². The van der Waals surface area contributed by atoms with Crippen molar-refractivity contribution in [2.24, 2.45) is 0 Å². The number of thiazole rings is 1. The molecule has 7 nitrogen and oxygen atoms in total. The van der Waals surface area contributed by atoms with Crippen LogP contribution in [0.4, 0.5) is 11.6 Å². The molecule has 2 aromatic carbocycles. The van der Waals surface area contributed by atoms with Crippen molar-refractivity contribution in [3.05, 3.63) is 59.1 Å². The summed E-state index contributed by atoms with van der Waals surface area (Å²) >= 11 is 1.41. The Morgan fingerprint density at radius 3 is 2.34 bits per heavy atom. The molecule has 2 aromatic heterocycles. The summed E-state index contributed by atoms with van der Waals surface area (Å²) in [5.74, 6) is 2.04. The molecule has 0 fully saturated rings. The van der Waals surface area contributed by atoms with E-state index in [1.807, 2.05) is 62.5 Å². The summed E-state index contributed by atoms with van der Waals surface area (Å²) in [5, 5.41) is 0.810. The van der Waals surface area contributed by atoms with E-state index in [-0.39, 0.29) is 5.91 Å². The number of hydrogen-bond acceptors (Lipinski definition) is 7. The summed E-state index contributed by atoms with van der Waals surface area (Å²) in [4.78, 5) is 32.5. The van der Waals surface area contributed by atoms with Crippen LogP contribution in [0.15, 0.2) is 48.5 Å². The van der Waals surface area contributed by atoms with Gasteiger partial charge >= 0.3 is 0 Å². The largest absolute Gasteiger partial charge is 0.497 e. The lowest BCUT2D eigenvalue weighted by Gasteiger charge is -2.22. The zero-order valence-electron chi connectivity index (χ0n) is 18.2. The second kappa shape index (κ2) is 8.20. The van der Waals surface area contributed by atoms with Gasteiger partial charge in [0.25, 0.3) is 5.91 Å². The van der Waals surface area contributed by atoms with Crippen molar-refractivity contribution in [1.82, 2.24) is 15.0 Å². The molecule has 1 amide bonds. The molecule has 4 aromatic rings. The van der Waals surface area contributed by atoms with Gasteiger partial charge in [0.05, 0.1) is 23.8 Å². The highest BCUT2D eigenvalue weighted by atomic mass is 32.1. The number of nitrogens with zero attached hydrogens (tertiary/aromatic N) is 5. The summed E-state index contributed by atoms with van der Waals surface area (Å²) in [5.41, 5.74) is 3.28. The highest BCUT2D eigenvalue weighted by Gasteiger charge is 2.30. The van der Waals surface area contributed by atoms with Crippen LogP contribution in [0.1, 0.15) is 21.8 Å². The minimum Gasteiger partial charge on any atom is -0.497 e. The molecule has 8 heteroatoms. The number of anilines is 2. The van der Waals surface area contributed by atoms with Crippen LogP contribution in [-0.4, -0.2) is 48.1 Å². The van der Waals surface area contributed by atoms with Gasteiger partial charge in [-0.2, -0.15) is 0 Å². The molecule has 0 atom stereocenters. The van der Waals surface area contributed by atoms with Gasteiger partial charge in [0.1, 0.15) is 15.6 Å². The van der Waals surface area contributed by atoms with E-state index >= 15 is 0 Å². The van der Waals surface area contributed by atoms with E-state index in [0.29, 0.717) is 17.2 Å². The summed E-state index contributed by atoms with van der Waals surface area (Å²) in [6.07, 6.45) is 0.833. The second-order valence-corrected chi connectivity index (χ2v) is 8.75. The third-order valence-electron chi connectivity index (χ3n) is 5.60. The molecule has 0 radical (unpaired) electrons. The van der Waals surface area contributed by atoms with Crippen LogP contribution in [-0.2, 0) is 0 Å². The predicted molar refractivity (Wildman–Crippen MR) is 128 cm³/mol. The lowest BCUT2D eigenvalue weighted by Crippen LogP contribution is -2.32. The predicted octanol–water partition coefficient (Wildman–Crippen LogP) is 4.56. The highest BCUT2D eigenvalue weighted by Crippen LogP contribution is 2.34. The minimum absolute atomic E-state index is 0.0825. The summed E-state index contributed by atoms with van der Waals surface area (Å²) in [7, 11) is 3.64. The number of aromatic nitrogens is 3. The maximum Gasteiger partial charge on any atom is 0.271 e. The fourth-order valence-electron chi connectivity index (χ4n) is 3.87. The third-order valence-corrected chi connectivity index (χ3v) is 6.79. The van der Waals surface area contributed by atoms with Gasteiger partial charge in [-0.3, -0.25) is 9.69 Å². The van der Waals surface area contributed by atoms with E-state index in [0.717, 1.165) is 51.8 Å². The number of rotatable bonds is 3. The third kappa shape index (κ3) is 3.56. The van der Waals surface area contributed by atoms with Crippen molar-refractivity contribution >= 4 is 39.9 Å². The van der Waals surface area contributed by atoms with E-state index < -0.39 is 0 Å². The number of para-hydroxylation sites is 2. The summed E-state index contributed by atoms with van der Waals surface area (Å²) in [6, 6.07) is 15.5. The van der Waals surface area contributed by atoms with Crippen LogP contribution < -0.4 is 14.5 Å². The molecule has 0 saturated heterocycles. The number of amides is 1. The Morgan fingerprint density at radius 1 is 0.969 bits per heavy atom. The SMILES string of the molecule is COc1ccc(-c2nc(C)c(C(=O)N3CCCN(C)c4nc5ccccc5nc43)s2)cc1. The number of methoxy groups -OCH3 is 1. The molecule has 0 saturated carbocycles. The molecule has 0 aliphatic carbocycles. The number of carbonyl (C=O) groups excluding carboxylic acids is 1. The molecule has 0 spiro atoms. The topological polar surface area (TPSA) is 71.5 Å². The molecule has 1 aliphatic heterocycles. The Morgan fingerprint density at radius 2 is 1.66 bits per heavy atom. The molecule has 0 bridgehead atoms. The number of carbonyl (C=O) groups is 1. The van der Waals surface area contributed by atoms with Crippen LogP contribution in [0, 0.1) is 6.92 Å². The molecule has 1 aliphatic rings. The Hall–Kier alpha value is -3.52. The summed E-state index contributed by atoms with van der Waals surface area (Å²) in [6.45, 7) is 3.27. The van der Waals surface area contributed by atoms with Crippen LogP contribution in [0.5, 0.6) is 5.75 Å². The van der Waals surface area contributed by atoms with Gasteiger partial charge in [0.2, 0.25) is 0 Å². The lowest BCUT2D eigenvalue weighted by atomic mass is 10.2. The molecular weight excluding hydrogens is 422 g/mol. The van der Waals surface area contributed by atoms with Crippen molar-refractivity contribution in [2.75, 3.05) is 37.0 Å². The molecule has 5 rings (SSSR count). The van der Waals surface area contributed by atoms with Gasteiger partial charge in [0.15, 0.2) is 11.6 Å². The molecule has 3 heterocycles. The van der Waals surface area contributed by atoms with Gasteiger partial charge in [-0.25, -0.2) is 15.0 Å². The number of hydrogen-bond donors (Lipinski definition) is 0. The van der Waals surface area contributed by atoms with Crippen LogP contribution in [0.25, 0.3) is 21.6 Å². The Labute approximate surface area is 190 Å². The van der Waals surface area contributed by atoms with E-state index in [2.05, 4.69) is 9.88 Å². The monoisotopic (exact) mass is 445 g/mol. The first-order valence-electron chi connectivity index (χ1n) is 10.5. The number of benzene rings is 2. The zero-order chi connectivity index (χ0) is 22.2. The van der Waals surface area contributed by atoms with Crippen molar-refractivity contribution in [3.8, 4) is 16.3 Å². The van der Waals surface area contributed by atoms with Gasteiger partial charge in [-0.1, -0.05) is 12.1 Å². The molecular formula is C24H23N5O2S. The minimum atomic E-state index is -0.0825. The standard InChI is InChI=1S/C24H23N5O2S/c1-15-20(32-23(25-15)16-9-11-17(31-3)12-10-16)24(30)29-14-6-13-28(2)21-22(29)27-19-8-5-4-7-18(19)26-21/h4-5,7-12H,6,13-14H2,1-3H3. The fraction of sp³-hybridized carbons (Fsp3) is 0.250. The lowest BCUT2D eigenvalue weighted by molar-refractivity contribution is 0.0989. The fourth-order valence-corrected chi connectivity index (χ4v) is 4.89. The molecule has 0 unspecified atom stereocenters. The van der Waals surface area contributed by atoms with Crippen molar-refractivity contribution in [1.29, 1.82) is 0 Å². The normalized spacial score (nSPS) is 13.7. The van der Waals surface area contributed by atoms with Crippen LogP contribution >= 0.6 is 11.3 Å². The Kier molecular flexibility index (Phi) is 5.22. The van der Waals surface area contributed by atoms with Gasteiger partial charge < -0.3 is 9.64 Å². The number of aryl methyl sites for hydroxylation is 1. The zero-order valence-corrected chi connectivity index (χ0v) is 19.0. The first kappa shape index (κ1) is 20.4. The molecule has 32 heavy (non-hydrogen) atoms. The van der Waals surface area contributed by atoms with E-state index in [1.165, 1.54) is 11.3 Å². The average molecular weight is 446 g/mol. The number of ether oxygens (including phenoxy) is 1. The van der Waals surface area contributed by atoms with Gasteiger partial charge in [-0.05, 0) is 49.7 Å². The number of fused-ring (bicyclic) bond motifs is 2. The average Bonchev–Trinajstić information content (AvgIpc) is 3.14. The molecule has 162 valence electrons. The maximum atomic E-state index is 13.7. The molecule has 0 N–H and O–H groups in total. The summed E-state index contributed by atoms with van der Waals surface area (Å²) < 4.78 is 5.24. The van der Waals surface area contributed by atoms with E-state index in [4.69, 9.17) is 14.7 Å². The Bertz CT molecular complexity index is 1300. The Balaban J connectivity index is 1.55. The van der Waals surface area contributed by atoms with Crippen LogP contribution in [0.2, 0.25) is 0 Å². The van der Waals surface area contributed by atoms with Gasteiger partial charge in [0, 0.05) is 25.7 Å². The smallest absolute Gasteiger partial charge is 0.271 e. The van der Waals surface area contributed by atoms with Gasteiger partial charge in [-0.15, -0.1) is 11.3 Å². The first-order valence-corrected chi connectivity index (χ1v) is 11.3. The maximum absolute atomic E-state index is 13.7. The second-order valence-electron chi connectivity index (χ2n) is 7.75. The first-order chi connectivity index (χ1) is 15.5. The van der Waals surface area contributed by atoms with Crippen molar-refractivity contribution < 1.29 is 9.53 Å².